The van der Waals surface area contributed by atoms with Gasteiger partial charge in [-0.05, 0) is 32.9 Å². The number of imidazole rings is 1. The highest BCUT2D eigenvalue weighted by Crippen LogP contribution is 2.31. The number of amides is 2. The molecule has 0 bridgehead atoms. The van der Waals surface area contributed by atoms with Crippen molar-refractivity contribution in [2.75, 3.05) is 28.6 Å². The van der Waals surface area contributed by atoms with E-state index in [9.17, 15) is 14.0 Å². The lowest BCUT2D eigenvalue weighted by molar-refractivity contribution is -0.114. The zero-order chi connectivity index (χ0) is 25.6. The maximum absolute atomic E-state index is 14.6. The molecule has 3 aromatic heterocycles. The molecule has 186 valence electrons. The Labute approximate surface area is 206 Å². The normalized spacial score (nSPS) is 18.0. The molecule has 2 atom stereocenters. The fraction of sp³-hybridized carbons (Fsp3) is 0.320. The van der Waals surface area contributed by atoms with Crippen molar-refractivity contribution in [3.63, 3.8) is 0 Å². The summed E-state index contributed by atoms with van der Waals surface area (Å²) < 4.78 is 16.1. The second-order valence-electron chi connectivity index (χ2n) is 9.29. The van der Waals surface area contributed by atoms with Gasteiger partial charge in [-0.25, -0.2) is 19.3 Å². The van der Waals surface area contributed by atoms with Gasteiger partial charge in [0, 0.05) is 67.8 Å². The number of anilines is 3. The van der Waals surface area contributed by atoms with Gasteiger partial charge in [-0.3, -0.25) is 14.9 Å². The van der Waals surface area contributed by atoms with Gasteiger partial charge in [0.05, 0.1) is 22.5 Å². The van der Waals surface area contributed by atoms with Crippen LogP contribution >= 0.6 is 0 Å². The molecule has 0 spiro atoms. The summed E-state index contributed by atoms with van der Waals surface area (Å²) in [4.78, 5) is 40.2. The first-order valence-electron chi connectivity index (χ1n) is 11.7. The molecule has 0 aliphatic carbocycles. The largest absolute Gasteiger partial charge is 0.368 e. The van der Waals surface area contributed by atoms with Gasteiger partial charge in [0.2, 0.25) is 11.9 Å². The third-order valence-corrected chi connectivity index (χ3v) is 6.04. The minimum atomic E-state index is -0.543. The lowest BCUT2D eigenvalue weighted by Crippen LogP contribution is -2.54. The monoisotopic (exact) mass is 490 g/mol. The van der Waals surface area contributed by atoms with E-state index in [1.807, 2.05) is 6.07 Å². The highest BCUT2D eigenvalue weighted by molar-refractivity contribution is 6.14. The number of rotatable bonds is 4. The number of fused-ring (bicyclic) bond motifs is 2. The summed E-state index contributed by atoms with van der Waals surface area (Å²) >= 11 is 0. The van der Waals surface area contributed by atoms with Gasteiger partial charge in [-0.1, -0.05) is 0 Å². The van der Waals surface area contributed by atoms with Crippen molar-refractivity contribution in [1.82, 2.24) is 24.7 Å². The van der Waals surface area contributed by atoms with E-state index in [1.54, 1.807) is 31.6 Å². The summed E-state index contributed by atoms with van der Waals surface area (Å²) in [5, 5.41) is 9.54. The van der Waals surface area contributed by atoms with E-state index in [4.69, 9.17) is 0 Å². The van der Waals surface area contributed by atoms with E-state index in [1.165, 1.54) is 17.4 Å². The van der Waals surface area contributed by atoms with Crippen molar-refractivity contribution in [3.05, 3.63) is 53.9 Å². The van der Waals surface area contributed by atoms with E-state index in [0.717, 1.165) is 18.8 Å². The molecule has 2 amide bonds. The number of aromatic nitrogens is 4. The number of pyridine rings is 1. The van der Waals surface area contributed by atoms with Crippen molar-refractivity contribution < 1.29 is 14.0 Å². The molecule has 10 nitrogen and oxygen atoms in total. The van der Waals surface area contributed by atoms with Crippen LogP contribution in [0.3, 0.4) is 0 Å². The Morgan fingerprint density at radius 3 is 2.58 bits per heavy atom. The molecule has 1 aliphatic rings. The van der Waals surface area contributed by atoms with Crippen LogP contribution in [-0.4, -0.2) is 56.3 Å². The Hall–Kier alpha value is -4.12. The van der Waals surface area contributed by atoms with Gasteiger partial charge in [-0.2, -0.15) is 0 Å². The third-order valence-electron chi connectivity index (χ3n) is 6.04. The van der Waals surface area contributed by atoms with Crippen LogP contribution in [0.5, 0.6) is 0 Å². The van der Waals surface area contributed by atoms with Crippen molar-refractivity contribution in [3.8, 4) is 0 Å². The topological polar surface area (TPSA) is 117 Å². The SMILES string of the molecule is CC(=O)Nc1ncc2c(N3C[C@H](C)N[C@@H](C)C3)ccc(C(=O)Nc3cc(F)c4nc(C)cn4c3)c2n1. The molecule has 0 unspecified atom stereocenters. The van der Waals surface area contributed by atoms with E-state index in [-0.39, 0.29) is 40.8 Å². The van der Waals surface area contributed by atoms with E-state index >= 15 is 0 Å². The molecule has 1 aromatic carbocycles. The van der Waals surface area contributed by atoms with Crippen molar-refractivity contribution in [2.45, 2.75) is 39.8 Å². The molecule has 5 rings (SSSR count). The second kappa shape index (κ2) is 9.15. The number of nitrogens with zero attached hydrogens (tertiary/aromatic N) is 5. The van der Waals surface area contributed by atoms with Crippen LogP contribution in [0.2, 0.25) is 0 Å². The summed E-state index contributed by atoms with van der Waals surface area (Å²) in [6.45, 7) is 8.93. The average Bonchev–Trinajstić information content (AvgIpc) is 3.18. The van der Waals surface area contributed by atoms with Crippen LogP contribution in [0.15, 0.2) is 36.8 Å². The number of hydrogen-bond acceptors (Lipinski definition) is 7. The van der Waals surface area contributed by atoms with Crippen LogP contribution in [-0.2, 0) is 4.79 Å². The quantitative estimate of drug-likeness (QED) is 0.402. The van der Waals surface area contributed by atoms with E-state index < -0.39 is 11.7 Å². The van der Waals surface area contributed by atoms with Crippen molar-refractivity contribution in [1.29, 1.82) is 0 Å². The summed E-state index contributed by atoms with van der Waals surface area (Å²) in [6.07, 6.45) is 4.91. The van der Waals surface area contributed by atoms with Crippen LogP contribution in [0.25, 0.3) is 16.6 Å². The number of piperazine rings is 1. The molecule has 11 heteroatoms. The van der Waals surface area contributed by atoms with Gasteiger partial charge in [0.1, 0.15) is 0 Å². The highest BCUT2D eigenvalue weighted by atomic mass is 19.1. The van der Waals surface area contributed by atoms with Gasteiger partial charge < -0.3 is 19.9 Å². The minimum Gasteiger partial charge on any atom is -0.368 e. The second-order valence-corrected chi connectivity index (χ2v) is 9.29. The van der Waals surface area contributed by atoms with Crippen molar-refractivity contribution >= 4 is 45.7 Å². The number of nitrogens with one attached hydrogen (secondary N) is 3. The molecular weight excluding hydrogens is 463 g/mol. The number of halogens is 1. The molecule has 0 radical (unpaired) electrons. The lowest BCUT2D eigenvalue weighted by atomic mass is 10.0. The van der Waals surface area contributed by atoms with Crippen molar-refractivity contribution in [2.24, 2.45) is 0 Å². The maximum Gasteiger partial charge on any atom is 0.257 e. The predicted octanol–water partition coefficient (Wildman–Crippen LogP) is 3.12. The smallest absolute Gasteiger partial charge is 0.257 e. The molecular formula is C25H27FN8O2. The minimum absolute atomic E-state index is 0.101. The zero-order valence-corrected chi connectivity index (χ0v) is 20.5. The standard InChI is InChI=1S/C25H27FN8O2/c1-13-9-33(10-14(2)28-13)21-6-5-18(22-19(21)8-27-25(32-22)30-16(4)35)24(36)31-17-7-20(26)23-29-15(3)11-34(23)12-17/h5-8,11-14,28H,9-10H2,1-4H3,(H,31,36)(H,27,30,32,35)/t13-,14-/m0/s1. The first kappa shape index (κ1) is 23.6. The molecule has 3 N–H and O–H groups in total. The van der Waals surface area contributed by atoms with Gasteiger partial charge >= 0.3 is 0 Å². The van der Waals surface area contributed by atoms with Gasteiger partial charge in [0.15, 0.2) is 11.5 Å². The number of aryl methyl sites for hydroxylation is 1. The Morgan fingerprint density at radius 2 is 1.86 bits per heavy atom. The first-order chi connectivity index (χ1) is 17.2. The summed E-state index contributed by atoms with van der Waals surface area (Å²) in [7, 11) is 0. The van der Waals surface area contributed by atoms with E-state index in [0.29, 0.717) is 16.6 Å². The first-order valence-corrected chi connectivity index (χ1v) is 11.7. The summed E-state index contributed by atoms with van der Waals surface area (Å²) in [5.41, 5.74) is 2.70. The molecule has 0 saturated carbocycles. The molecule has 4 heterocycles. The molecule has 36 heavy (non-hydrogen) atoms. The maximum atomic E-state index is 14.6. The van der Waals surface area contributed by atoms with E-state index in [2.05, 4.69) is 49.6 Å². The Balaban J connectivity index is 1.56. The fourth-order valence-electron chi connectivity index (χ4n) is 4.75. The van der Waals surface area contributed by atoms with Crippen LogP contribution in [0.1, 0.15) is 36.8 Å². The molecule has 4 aromatic rings. The summed E-state index contributed by atoms with van der Waals surface area (Å²) in [6, 6.07) is 5.38. The third kappa shape index (κ3) is 4.57. The molecule has 1 fully saturated rings. The highest BCUT2D eigenvalue weighted by Gasteiger charge is 2.25. The number of benzene rings is 1. The fourth-order valence-corrected chi connectivity index (χ4v) is 4.75. The van der Waals surface area contributed by atoms with Crippen LogP contribution < -0.4 is 20.9 Å². The zero-order valence-electron chi connectivity index (χ0n) is 20.5. The molecule has 1 aliphatic heterocycles. The Morgan fingerprint density at radius 1 is 1.11 bits per heavy atom. The van der Waals surface area contributed by atoms with Crippen LogP contribution in [0, 0.1) is 12.7 Å². The summed E-state index contributed by atoms with van der Waals surface area (Å²) in [5.74, 6) is -1.22. The van der Waals surface area contributed by atoms with Gasteiger partial charge in [0.25, 0.3) is 5.91 Å². The van der Waals surface area contributed by atoms with Crippen LogP contribution in [0.4, 0.5) is 21.7 Å². The predicted molar refractivity (Wildman–Crippen MR) is 136 cm³/mol. The number of carbonyl (C=O) groups excluding carboxylic acids is 2. The Bertz CT molecular complexity index is 1490. The number of hydrogen-bond donors (Lipinski definition) is 3. The Kier molecular flexibility index (Phi) is 6.00. The van der Waals surface area contributed by atoms with Gasteiger partial charge in [-0.15, -0.1) is 0 Å². The average molecular weight is 491 g/mol. The number of carbonyl (C=O) groups is 2. The lowest BCUT2D eigenvalue weighted by Gasteiger charge is -2.38. The molecule has 1 saturated heterocycles.